The SMILES string of the molecule is COC(=O)CCNc1ccc2ccccc2n1. The molecule has 0 spiro atoms. The van der Waals surface area contributed by atoms with E-state index in [1.807, 2.05) is 36.4 Å². The third-order valence-electron chi connectivity index (χ3n) is 2.46. The lowest BCUT2D eigenvalue weighted by Gasteiger charge is -2.05. The number of fused-ring (bicyclic) bond motifs is 1. The zero-order valence-corrected chi connectivity index (χ0v) is 9.64. The molecule has 2 rings (SSSR count). The summed E-state index contributed by atoms with van der Waals surface area (Å²) in [7, 11) is 1.39. The third kappa shape index (κ3) is 2.93. The Kier molecular flexibility index (Phi) is 3.55. The van der Waals surface area contributed by atoms with E-state index in [1.165, 1.54) is 7.11 Å². The number of ether oxygens (including phenoxy) is 1. The first-order valence-corrected chi connectivity index (χ1v) is 5.46. The van der Waals surface area contributed by atoms with E-state index in [2.05, 4.69) is 15.0 Å². The van der Waals surface area contributed by atoms with E-state index in [-0.39, 0.29) is 5.97 Å². The van der Waals surface area contributed by atoms with Crippen LogP contribution in [0.15, 0.2) is 36.4 Å². The van der Waals surface area contributed by atoms with Gasteiger partial charge in [0.1, 0.15) is 5.82 Å². The smallest absolute Gasteiger partial charge is 0.307 e. The van der Waals surface area contributed by atoms with Crippen molar-refractivity contribution in [2.24, 2.45) is 0 Å². The molecule has 0 aliphatic heterocycles. The van der Waals surface area contributed by atoms with Crippen molar-refractivity contribution in [2.45, 2.75) is 6.42 Å². The molecule has 0 aliphatic rings. The quantitative estimate of drug-likeness (QED) is 0.818. The van der Waals surface area contributed by atoms with Crippen LogP contribution in [-0.4, -0.2) is 24.6 Å². The van der Waals surface area contributed by atoms with Crippen LogP contribution < -0.4 is 5.32 Å². The Balaban J connectivity index is 2.02. The molecule has 0 aliphatic carbocycles. The Morgan fingerprint density at radius 1 is 1.29 bits per heavy atom. The van der Waals surface area contributed by atoms with Crippen molar-refractivity contribution in [3.63, 3.8) is 0 Å². The number of hydrogen-bond acceptors (Lipinski definition) is 4. The number of hydrogen-bond donors (Lipinski definition) is 1. The molecule has 0 amide bonds. The summed E-state index contributed by atoms with van der Waals surface area (Å²) in [6.07, 6.45) is 0.338. The number of nitrogens with one attached hydrogen (secondary N) is 1. The first kappa shape index (κ1) is 11.4. The van der Waals surface area contributed by atoms with Gasteiger partial charge in [-0.25, -0.2) is 4.98 Å². The summed E-state index contributed by atoms with van der Waals surface area (Å²) in [4.78, 5) is 15.4. The number of benzene rings is 1. The van der Waals surface area contributed by atoms with Crippen LogP contribution in [0.25, 0.3) is 10.9 Å². The molecular weight excluding hydrogens is 216 g/mol. The zero-order valence-electron chi connectivity index (χ0n) is 9.64. The molecule has 0 bridgehead atoms. The second kappa shape index (κ2) is 5.30. The van der Waals surface area contributed by atoms with Crippen LogP contribution in [0.4, 0.5) is 5.82 Å². The Morgan fingerprint density at radius 2 is 2.12 bits per heavy atom. The number of para-hydroxylation sites is 1. The third-order valence-corrected chi connectivity index (χ3v) is 2.46. The summed E-state index contributed by atoms with van der Waals surface area (Å²) in [6, 6.07) is 11.8. The minimum atomic E-state index is -0.224. The normalized spacial score (nSPS) is 10.2. The molecule has 0 atom stereocenters. The van der Waals surface area contributed by atoms with Crippen molar-refractivity contribution in [1.29, 1.82) is 0 Å². The van der Waals surface area contributed by atoms with Gasteiger partial charge in [0.2, 0.25) is 0 Å². The van der Waals surface area contributed by atoms with Gasteiger partial charge in [-0.2, -0.15) is 0 Å². The minimum Gasteiger partial charge on any atom is -0.469 e. The van der Waals surface area contributed by atoms with Crippen molar-refractivity contribution in [3.8, 4) is 0 Å². The average Bonchev–Trinajstić information content (AvgIpc) is 2.38. The van der Waals surface area contributed by atoms with E-state index in [9.17, 15) is 4.79 Å². The van der Waals surface area contributed by atoms with Crippen molar-refractivity contribution >= 4 is 22.7 Å². The largest absolute Gasteiger partial charge is 0.469 e. The van der Waals surface area contributed by atoms with Gasteiger partial charge in [0.25, 0.3) is 0 Å². The second-order valence-electron chi connectivity index (χ2n) is 3.64. The number of esters is 1. The van der Waals surface area contributed by atoms with E-state index < -0.39 is 0 Å². The van der Waals surface area contributed by atoms with Crippen molar-refractivity contribution < 1.29 is 9.53 Å². The highest BCUT2D eigenvalue weighted by Crippen LogP contribution is 2.14. The van der Waals surface area contributed by atoms with E-state index in [4.69, 9.17) is 0 Å². The summed E-state index contributed by atoms with van der Waals surface area (Å²) in [5, 5.41) is 4.19. The average molecular weight is 230 g/mol. The monoisotopic (exact) mass is 230 g/mol. The van der Waals surface area contributed by atoms with E-state index >= 15 is 0 Å². The zero-order chi connectivity index (χ0) is 12.1. The lowest BCUT2D eigenvalue weighted by atomic mass is 10.2. The molecule has 2 aromatic rings. The maximum Gasteiger partial charge on any atom is 0.307 e. The van der Waals surface area contributed by atoms with Gasteiger partial charge in [-0.3, -0.25) is 4.79 Å². The molecule has 0 unspecified atom stereocenters. The van der Waals surface area contributed by atoms with Crippen LogP contribution in [-0.2, 0) is 9.53 Å². The lowest BCUT2D eigenvalue weighted by molar-refractivity contribution is -0.140. The highest BCUT2D eigenvalue weighted by Gasteiger charge is 2.00. The summed E-state index contributed by atoms with van der Waals surface area (Å²) in [5.74, 6) is 0.547. The summed E-state index contributed by atoms with van der Waals surface area (Å²) >= 11 is 0. The van der Waals surface area contributed by atoms with Crippen LogP contribution in [0.5, 0.6) is 0 Å². The molecule has 1 aromatic heterocycles. The fraction of sp³-hybridized carbons (Fsp3) is 0.231. The summed E-state index contributed by atoms with van der Waals surface area (Å²) in [5.41, 5.74) is 0.940. The molecule has 1 heterocycles. The summed E-state index contributed by atoms with van der Waals surface area (Å²) in [6.45, 7) is 0.526. The van der Waals surface area contributed by atoms with Crippen LogP contribution in [0.3, 0.4) is 0 Å². The maximum absolute atomic E-state index is 10.9. The van der Waals surface area contributed by atoms with Gasteiger partial charge in [0, 0.05) is 11.9 Å². The number of carbonyl (C=O) groups excluding carboxylic acids is 1. The molecule has 4 heteroatoms. The first-order chi connectivity index (χ1) is 8.29. The van der Waals surface area contributed by atoms with Crippen LogP contribution in [0, 0.1) is 0 Å². The molecular formula is C13H14N2O2. The Labute approximate surface area is 99.6 Å². The number of anilines is 1. The fourth-order valence-corrected chi connectivity index (χ4v) is 1.56. The number of carbonyl (C=O) groups is 1. The van der Waals surface area contributed by atoms with Gasteiger partial charge in [-0.15, -0.1) is 0 Å². The molecule has 0 saturated heterocycles. The highest BCUT2D eigenvalue weighted by molar-refractivity contribution is 5.80. The van der Waals surface area contributed by atoms with Crippen LogP contribution in [0.1, 0.15) is 6.42 Å². The minimum absolute atomic E-state index is 0.224. The molecule has 17 heavy (non-hydrogen) atoms. The van der Waals surface area contributed by atoms with Crippen molar-refractivity contribution in [3.05, 3.63) is 36.4 Å². The van der Waals surface area contributed by atoms with Gasteiger partial charge in [-0.1, -0.05) is 18.2 Å². The lowest BCUT2D eigenvalue weighted by Crippen LogP contribution is -2.10. The van der Waals surface area contributed by atoms with Gasteiger partial charge in [0.05, 0.1) is 19.0 Å². The molecule has 1 N–H and O–H groups in total. The van der Waals surface area contributed by atoms with E-state index in [1.54, 1.807) is 0 Å². The predicted molar refractivity (Wildman–Crippen MR) is 66.9 cm³/mol. The number of methoxy groups -OCH3 is 1. The number of aromatic nitrogens is 1. The first-order valence-electron chi connectivity index (χ1n) is 5.46. The Bertz CT molecular complexity index is 526. The van der Waals surface area contributed by atoms with Crippen molar-refractivity contribution in [2.75, 3.05) is 19.0 Å². The van der Waals surface area contributed by atoms with Crippen LogP contribution in [0.2, 0.25) is 0 Å². The molecule has 1 aromatic carbocycles. The highest BCUT2D eigenvalue weighted by atomic mass is 16.5. The molecule has 0 saturated carbocycles. The fourth-order valence-electron chi connectivity index (χ4n) is 1.56. The molecule has 4 nitrogen and oxygen atoms in total. The summed E-state index contributed by atoms with van der Waals surface area (Å²) < 4.78 is 4.56. The topological polar surface area (TPSA) is 51.2 Å². The standard InChI is InChI=1S/C13H14N2O2/c1-17-13(16)8-9-14-12-7-6-10-4-2-3-5-11(10)15-12/h2-7H,8-9H2,1H3,(H,14,15). The van der Waals surface area contributed by atoms with Gasteiger partial charge in [0.15, 0.2) is 0 Å². The number of nitrogens with zero attached hydrogens (tertiary/aromatic N) is 1. The number of pyridine rings is 1. The van der Waals surface area contributed by atoms with E-state index in [0.29, 0.717) is 13.0 Å². The number of rotatable bonds is 4. The molecule has 0 radical (unpaired) electrons. The second-order valence-corrected chi connectivity index (χ2v) is 3.64. The van der Waals surface area contributed by atoms with Gasteiger partial charge < -0.3 is 10.1 Å². The maximum atomic E-state index is 10.9. The van der Waals surface area contributed by atoms with E-state index in [0.717, 1.165) is 16.7 Å². The predicted octanol–water partition coefficient (Wildman–Crippen LogP) is 2.21. The molecule has 0 fully saturated rings. The van der Waals surface area contributed by atoms with Crippen LogP contribution >= 0.6 is 0 Å². The van der Waals surface area contributed by atoms with Gasteiger partial charge in [-0.05, 0) is 18.2 Å². The van der Waals surface area contributed by atoms with Crippen molar-refractivity contribution in [1.82, 2.24) is 4.98 Å². The van der Waals surface area contributed by atoms with Gasteiger partial charge >= 0.3 is 5.97 Å². The Morgan fingerprint density at radius 3 is 2.94 bits per heavy atom. The Hall–Kier alpha value is -2.10. The molecule has 88 valence electrons.